The second-order valence-electron chi connectivity index (χ2n) is 8.20. The number of methoxy groups -OCH3 is 1. The van der Waals surface area contributed by atoms with Crippen molar-refractivity contribution in [3.8, 4) is 17.0 Å². The van der Waals surface area contributed by atoms with Crippen molar-refractivity contribution < 1.29 is 9.53 Å². The van der Waals surface area contributed by atoms with Gasteiger partial charge in [0.05, 0.1) is 12.8 Å². The number of aromatic nitrogens is 3. The van der Waals surface area contributed by atoms with Crippen LogP contribution in [-0.2, 0) is 17.6 Å². The lowest BCUT2D eigenvalue weighted by Crippen LogP contribution is -2.25. The molecule has 33 heavy (non-hydrogen) atoms. The zero-order valence-electron chi connectivity index (χ0n) is 19.5. The molecule has 0 radical (unpaired) electrons. The van der Waals surface area contributed by atoms with Gasteiger partial charge in [0.2, 0.25) is 5.91 Å². The minimum atomic E-state index is 0.0668. The molecular weight excluding hydrogens is 412 g/mol. The molecule has 4 rings (SSSR count). The Morgan fingerprint density at radius 3 is 2.58 bits per heavy atom. The first-order valence-corrected chi connectivity index (χ1v) is 11.4. The number of amides is 1. The van der Waals surface area contributed by atoms with E-state index in [1.54, 1.807) is 7.11 Å². The van der Waals surface area contributed by atoms with Crippen LogP contribution < -0.4 is 10.1 Å². The van der Waals surface area contributed by atoms with E-state index in [0.29, 0.717) is 19.4 Å². The Morgan fingerprint density at radius 1 is 1.03 bits per heavy atom. The molecule has 0 spiro atoms. The number of para-hydroxylation sites is 1. The highest BCUT2D eigenvalue weighted by molar-refractivity contribution is 5.76. The summed E-state index contributed by atoms with van der Waals surface area (Å²) in [5.41, 5.74) is 6.84. The molecule has 0 unspecified atom stereocenters. The van der Waals surface area contributed by atoms with Crippen LogP contribution in [0, 0.1) is 13.8 Å². The second kappa shape index (κ2) is 10.3. The number of hydrogen-bond donors (Lipinski definition) is 1. The molecular formula is C27H30N4O2. The molecule has 0 bridgehead atoms. The van der Waals surface area contributed by atoms with Crippen LogP contribution in [0.5, 0.6) is 5.75 Å². The molecule has 170 valence electrons. The van der Waals surface area contributed by atoms with Gasteiger partial charge in [-0.15, -0.1) is 0 Å². The van der Waals surface area contributed by atoms with Crippen molar-refractivity contribution in [3.63, 3.8) is 0 Å². The maximum Gasteiger partial charge on any atom is 0.220 e. The number of aryl methyl sites for hydroxylation is 3. The van der Waals surface area contributed by atoms with Crippen molar-refractivity contribution in [2.45, 2.75) is 39.5 Å². The minimum Gasteiger partial charge on any atom is -0.496 e. The van der Waals surface area contributed by atoms with Gasteiger partial charge in [-0.05, 0) is 56.4 Å². The molecule has 0 aliphatic rings. The fourth-order valence-corrected chi connectivity index (χ4v) is 4.17. The minimum absolute atomic E-state index is 0.0668. The number of nitrogens with one attached hydrogen (secondary N) is 1. The molecule has 0 fully saturated rings. The third-order valence-corrected chi connectivity index (χ3v) is 5.96. The number of carbonyl (C=O) groups is 1. The highest BCUT2D eigenvalue weighted by Gasteiger charge is 2.16. The Bertz CT molecular complexity index is 1250. The number of ether oxygens (including phenoxy) is 1. The van der Waals surface area contributed by atoms with Crippen molar-refractivity contribution in [1.82, 2.24) is 19.9 Å². The topological polar surface area (TPSA) is 68.5 Å². The van der Waals surface area contributed by atoms with Crippen LogP contribution in [0.4, 0.5) is 0 Å². The van der Waals surface area contributed by atoms with E-state index in [2.05, 4.69) is 17.4 Å². The zero-order chi connectivity index (χ0) is 23.2. The molecule has 4 aromatic rings. The van der Waals surface area contributed by atoms with Crippen LogP contribution in [0.1, 0.15) is 35.4 Å². The van der Waals surface area contributed by atoms with E-state index >= 15 is 0 Å². The highest BCUT2D eigenvalue weighted by Crippen LogP contribution is 2.30. The summed E-state index contributed by atoms with van der Waals surface area (Å²) >= 11 is 0. The summed E-state index contributed by atoms with van der Waals surface area (Å²) in [6.07, 6.45) is 2.96. The summed E-state index contributed by atoms with van der Waals surface area (Å²) in [4.78, 5) is 17.2. The normalized spacial score (nSPS) is 11.0. The first kappa shape index (κ1) is 22.5. The fourth-order valence-electron chi connectivity index (χ4n) is 4.17. The van der Waals surface area contributed by atoms with Gasteiger partial charge in [0.1, 0.15) is 5.75 Å². The summed E-state index contributed by atoms with van der Waals surface area (Å²) in [7, 11) is 1.66. The Hall–Kier alpha value is -3.67. The lowest BCUT2D eigenvalue weighted by atomic mass is 10.1. The Labute approximate surface area is 194 Å². The van der Waals surface area contributed by atoms with Gasteiger partial charge >= 0.3 is 0 Å². The van der Waals surface area contributed by atoms with Crippen molar-refractivity contribution in [2.24, 2.45) is 0 Å². The van der Waals surface area contributed by atoms with E-state index in [4.69, 9.17) is 14.8 Å². The average Bonchev–Trinajstić information content (AvgIpc) is 3.26. The summed E-state index contributed by atoms with van der Waals surface area (Å²) in [6, 6.07) is 20.1. The Morgan fingerprint density at radius 2 is 1.79 bits per heavy atom. The average molecular weight is 443 g/mol. The molecule has 2 aromatic heterocycles. The summed E-state index contributed by atoms with van der Waals surface area (Å²) in [6.45, 7) is 4.72. The van der Waals surface area contributed by atoms with Crippen LogP contribution in [0.15, 0.2) is 60.7 Å². The maximum absolute atomic E-state index is 12.4. The van der Waals surface area contributed by atoms with E-state index < -0.39 is 0 Å². The van der Waals surface area contributed by atoms with Crippen LogP contribution in [-0.4, -0.2) is 34.2 Å². The maximum atomic E-state index is 12.4. The molecule has 2 heterocycles. The molecule has 0 atom stereocenters. The van der Waals surface area contributed by atoms with Gasteiger partial charge in [-0.2, -0.15) is 5.10 Å². The molecule has 0 aliphatic carbocycles. The number of benzene rings is 2. The standard InChI is InChI=1S/C27H30N4O2/c1-19-22(15-16-27(32)28-17-9-12-21-10-5-4-6-11-21)20(2)31-26(29-19)18-24(30-31)23-13-7-8-14-25(23)33-3/h4-8,10-11,13-14,18H,9,12,15-17H2,1-3H3,(H,28,32). The van der Waals surface area contributed by atoms with Crippen molar-refractivity contribution in [2.75, 3.05) is 13.7 Å². The van der Waals surface area contributed by atoms with E-state index in [1.807, 2.05) is 66.9 Å². The highest BCUT2D eigenvalue weighted by atomic mass is 16.5. The Balaban J connectivity index is 1.41. The molecule has 2 aromatic carbocycles. The number of carbonyl (C=O) groups excluding carboxylic acids is 1. The molecule has 1 amide bonds. The molecule has 0 aliphatic heterocycles. The van der Waals surface area contributed by atoms with Crippen LogP contribution in [0.25, 0.3) is 16.9 Å². The molecule has 6 heteroatoms. The van der Waals surface area contributed by atoms with Gasteiger partial charge in [-0.25, -0.2) is 9.50 Å². The second-order valence-corrected chi connectivity index (χ2v) is 8.20. The van der Waals surface area contributed by atoms with Gasteiger partial charge in [0, 0.05) is 36.0 Å². The van der Waals surface area contributed by atoms with Crippen LogP contribution in [0.2, 0.25) is 0 Å². The molecule has 0 saturated heterocycles. The predicted octanol–water partition coefficient (Wildman–Crippen LogP) is 4.70. The van der Waals surface area contributed by atoms with Crippen molar-refractivity contribution >= 4 is 11.6 Å². The quantitative estimate of drug-likeness (QED) is 0.382. The zero-order valence-corrected chi connectivity index (χ0v) is 19.5. The molecule has 1 N–H and O–H groups in total. The number of rotatable bonds is 9. The number of nitrogens with zero attached hydrogens (tertiary/aromatic N) is 3. The summed E-state index contributed by atoms with van der Waals surface area (Å²) < 4.78 is 7.35. The smallest absolute Gasteiger partial charge is 0.220 e. The van der Waals surface area contributed by atoms with Crippen molar-refractivity contribution in [1.29, 1.82) is 0 Å². The first-order chi connectivity index (χ1) is 16.1. The largest absolute Gasteiger partial charge is 0.496 e. The van der Waals surface area contributed by atoms with Gasteiger partial charge in [0.15, 0.2) is 5.65 Å². The van der Waals surface area contributed by atoms with E-state index in [0.717, 1.165) is 52.4 Å². The van der Waals surface area contributed by atoms with E-state index in [-0.39, 0.29) is 5.91 Å². The van der Waals surface area contributed by atoms with Gasteiger partial charge < -0.3 is 10.1 Å². The lowest BCUT2D eigenvalue weighted by molar-refractivity contribution is -0.121. The third-order valence-electron chi connectivity index (χ3n) is 5.96. The van der Waals surface area contributed by atoms with E-state index in [9.17, 15) is 4.79 Å². The number of hydrogen-bond acceptors (Lipinski definition) is 4. The third kappa shape index (κ3) is 5.22. The van der Waals surface area contributed by atoms with Gasteiger partial charge in [0.25, 0.3) is 0 Å². The molecule has 6 nitrogen and oxygen atoms in total. The predicted molar refractivity (Wildman–Crippen MR) is 131 cm³/mol. The fraction of sp³-hybridized carbons (Fsp3) is 0.296. The molecule has 0 saturated carbocycles. The Kier molecular flexibility index (Phi) is 7.03. The van der Waals surface area contributed by atoms with Crippen LogP contribution >= 0.6 is 0 Å². The first-order valence-electron chi connectivity index (χ1n) is 11.4. The number of fused-ring (bicyclic) bond motifs is 1. The van der Waals surface area contributed by atoms with Crippen molar-refractivity contribution in [3.05, 3.63) is 83.2 Å². The van der Waals surface area contributed by atoms with Gasteiger partial charge in [-0.1, -0.05) is 42.5 Å². The van der Waals surface area contributed by atoms with Crippen LogP contribution in [0.3, 0.4) is 0 Å². The monoisotopic (exact) mass is 442 g/mol. The summed E-state index contributed by atoms with van der Waals surface area (Å²) in [5, 5.41) is 7.82. The van der Waals surface area contributed by atoms with E-state index in [1.165, 1.54) is 5.56 Å². The SMILES string of the molecule is COc1ccccc1-c1cc2nc(C)c(CCC(=O)NCCCc3ccccc3)c(C)n2n1. The lowest BCUT2D eigenvalue weighted by Gasteiger charge is -2.11. The summed E-state index contributed by atoms with van der Waals surface area (Å²) in [5.74, 6) is 0.844. The van der Waals surface area contributed by atoms with Gasteiger partial charge in [-0.3, -0.25) is 4.79 Å².